The summed E-state index contributed by atoms with van der Waals surface area (Å²) in [5.41, 5.74) is -0.0572. The highest BCUT2D eigenvalue weighted by Crippen LogP contribution is 2.29. The van der Waals surface area contributed by atoms with E-state index in [0.29, 0.717) is 0 Å². The fourth-order valence-corrected chi connectivity index (χ4v) is 2.91. The van der Waals surface area contributed by atoms with Gasteiger partial charge in [0.05, 0.1) is 10.5 Å². The Morgan fingerprint density at radius 3 is 2.86 bits per heavy atom. The lowest BCUT2D eigenvalue weighted by molar-refractivity contribution is -0.384. The average Bonchev–Trinajstić information content (AvgIpc) is 2.45. The van der Waals surface area contributed by atoms with Crippen LogP contribution in [-0.2, 0) is 0 Å². The molecule has 0 aromatic heterocycles. The molecule has 1 aliphatic rings. The third-order valence-electron chi connectivity index (χ3n) is 3.87. The van der Waals surface area contributed by atoms with Gasteiger partial charge >= 0.3 is 0 Å². The fourth-order valence-electron chi connectivity index (χ4n) is 2.64. The third-order valence-corrected chi connectivity index (χ3v) is 4.27. The first-order chi connectivity index (χ1) is 9.91. The third kappa shape index (κ3) is 3.33. The van der Waals surface area contributed by atoms with Crippen molar-refractivity contribution < 1.29 is 9.72 Å². The number of halogens is 1. The Labute approximate surface area is 128 Å². The molecule has 1 fully saturated rings. The maximum absolute atomic E-state index is 12.5. The Balaban J connectivity index is 2.23. The molecule has 0 saturated carbocycles. The van der Waals surface area contributed by atoms with Crippen LogP contribution >= 0.6 is 11.6 Å². The van der Waals surface area contributed by atoms with Crippen LogP contribution in [0.4, 0.5) is 5.69 Å². The van der Waals surface area contributed by atoms with Gasteiger partial charge in [0.2, 0.25) is 0 Å². The molecule has 0 radical (unpaired) electrons. The van der Waals surface area contributed by atoms with Crippen LogP contribution in [0.2, 0.25) is 5.02 Å². The largest absolute Gasteiger partial charge is 0.337 e. The molecule has 21 heavy (non-hydrogen) atoms. The van der Waals surface area contributed by atoms with Crippen molar-refractivity contribution in [1.82, 2.24) is 9.80 Å². The number of nitrogens with zero attached hydrogens (tertiary/aromatic N) is 3. The van der Waals surface area contributed by atoms with Crippen molar-refractivity contribution in [3.05, 3.63) is 38.9 Å². The van der Waals surface area contributed by atoms with Gasteiger partial charge in [0.25, 0.3) is 11.6 Å². The average molecular weight is 312 g/mol. The Morgan fingerprint density at radius 2 is 2.24 bits per heavy atom. The minimum Gasteiger partial charge on any atom is -0.337 e. The standard InChI is InChI=1S/C14H18ClN3O3/c1-16-8-4-5-10(9-16)17(2)14(19)11-6-3-7-12(13(11)15)18(20)21/h3,6-7,10H,4-5,8-9H2,1-2H3. The number of rotatable bonds is 3. The molecule has 1 heterocycles. The molecular weight excluding hydrogens is 294 g/mol. The molecule has 0 aliphatic carbocycles. The maximum atomic E-state index is 12.5. The lowest BCUT2D eigenvalue weighted by atomic mass is 10.0. The van der Waals surface area contributed by atoms with Crippen molar-refractivity contribution in [3.8, 4) is 0 Å². The number of hydrogen-bond acceptors (Lipinski definition) is 4. The molecule has 114 valence electrons. The van der Waals surface area contributed by atoms with E-state index in [1.54, 1.807) is 11.9 Å². The summed E-state index contributed by atoms with van der Waals surface area (Å²) in [5.74, 6) is -0.274. The van der Waals surface area contributed by atoms with E-state index in [1.165, 1.54) is 18.2 Å². The van der Waals surface area contributed by atoms with Gasteiger partial charge in [-0.1, -0.05) is 17.7 Å². The van der Waals surface area contributed by atoms with Crippen molar-refractivity contribution in [2.75, 3.05) is 27.2 Å². The molecule has 0 N–H and O–H groups in total. The Morgan fingerprint density at radius 1 is 1.52 bits per heavy atom. The zero-order chi connectivity index (χ0) is 15.6. The first-order valence-corrected chi connectivity index (χ1v) is 7.18. The number of piperidine rings is 1. The van der Waals surface area contributed by atoms with E-state index in [2.05, 4.69) is 4.90 Å². The van der Waals surface area contributed by atoms with Crippen molar-refractivity contribution in [2.24, 2.45) is 0 Å². The number of nitro benzene ring substituents is 1. The van der Waals surface area contributed by atoms with Crippen molar-refractivity contribution >= 4 is 23.2 Å². The molecule has 1 aromatic carbocycles. The van der Waals surface area contributed by atoms with Crippen molar-refractivity contribution in [1.29, 1.82) is 0 Å². The molecule has 1 atom stereocenters. The lowest BCUT2D eigenvalue weighted by Crippen LogP contribution is -2.47. The van der Waals surface area contributed by atoms with Crippen LogP contribution in [0.25, 0.3) is 0 Å². The van der Waals surface area contributed by atoms with Crippen LogP contribution < -0.4 is 0 Å². The lowest BCUT2D eigenvalue weighted by Gasteiger charge is -2.36. The van der Waals surface area contributed by atoms with Gasteiger partial charge in [-0.3, -0.25) is 14.9 Å². The quantitative estimate of drug-likeness (QED) is 0.635. The van der Waals surface area contributed by atoms with Gasteiger partial charge in [0.15, 0.2) is 0 Å². The van der Waals surface area contributed by atoms with E-state index in [4.69, 9.17) is 11.6 Å². The number of hydrogen-bond donors (Lipinski definition) is 0. The van der Waals surface area contributed by atoms with Gasteiger partial charge in [0.1, 0.15) is 5.02 Å². The Kier molecular flexibility index (Phi) is 4.80. The van der Waals surface area contributed by atoms with Crippen LogP contribution in [-0.4, -0.2) is 53.9 Å². The molecule has 6 nitrogen and oxygen atoms in total. The predicted octanol–water partition coefficient (Wildman–Crippen LogP) is 2.41. The molecular formula is C14H18ClN3O3. The van der Waals surface area contributed by atoms with Gasteiger partial charge in [0, 0.05) is 25.7 Å². The smallest absolute Gasteiger partial charge is 0.288 e. The van der Waals surface area contributed by atoms with E-state index < -0.39 is 4.92 Å². The van der Waals surface area contributed by atoms with Gasteiger partial charge in [-0.05, 0) is 32.5 Å². The molecule has 2 rings (SSSR count). The molecule has 1 unspecified atom stereocenters. The zero-order valence-corrected chi connectivity index (χ0v) is 12.8. The highest BCUT2D eigenvalue weighted by atomic mass is 35.5. The zero-order valence-electron chi connectivity index (χ0n) is 12.1. The maximum Gasteiger partial charge on any atom is 0.288 e. The van der Waals surface area contributed by atoms with E-state index in [1.807, 2.05) is 7.05 Å². The number of benzene rings is 1. The van der Waals surface area contributed by atoms with E-state index >= 15 is 0 Å². The summed E-state index contributed by atoms with van der Waals surface area (Å²) < 4.78 is 0. The first-order valence-electron chi connectivity index (χ1n) is 6.80. The van der Waals surface area contributed by atoms with Gasteiger partial charge in [-0.2, -0.15) is 0 Å². The van der Waals surface area contributed by atoms with Crippen molar-refractivity contribution in [2.45, 2.75) is 18.9 Å². The molecule has 1 aliphatic heterocycles. The summed E-state index contributed by atoms with van der Waals surface area (Å²) in [7, 11) is 3.74. The molecule has 1 aromatic rings. The van der Waals surface area contributed by atoms with E-state index in [0.717, 1.165) is 25.9 Å². The van der Waals surface area contributed by atoms with Crippen LogP contribution in [0.5, 0.6) is 0 Å². The van der Waals surface area contributed by atoms with Crippen LogP contribution in [0.15, 0.2) is 18.2 Å². The number of likely N-dealkylation sites (tertiary alicyclic amines) is 1. The summed E-state index contributed by atoms with van der Waals surface area (Å²) in [4.78, 5) is 26.7. The number of nitro groups is 1. The number of carbonyl (C=O) groups excluding carboxylic acids is 1. The normalized spacial score (nSPS) is 19.3. The monoisotopic (exact) mass is 311 g/mol. The second-order valence-corrected chi connectivity index (χ2v) is 5.75. The molecule has 1 saturated heterocycles. The minimum absolute atomic E-state index is 0.0940. The Bertz CT molecular complexity index is 564. The van der Waals surface area contributed by atoms with Crippen LogP contribution in [0.1, 0.15) is 23.2 Å². The van der Waals surface area contributed by atoms with Crippen LogP contribution in [0.3, 0.4) is 0 Å². The highest BCUT2D eigenvalue weighted by molar-refractivity contribution is 6.35. The fraction of sp³-hybridized carbons (Fsp3) is 0.500. The summed E-state index contributed by atoms with van der Waals surface area (Å²) in [6.45, 7) is 1.82. The van der Waals surface area contributed by atoms with Gasteiger partial charge in [-0.25, -0.2) is 0 Å². The van der Waals surface area contributed by atoms with Gasteiger partial charge < -0.3 is 9.80 Å². The first kappa shape index (κ1) is 15.7. The second kappa shape index (κ2) is 6.41. The summed E-state index contributed by atoms with van der Waals surface area (Å²) in [5, 5.41) is 10.8. The molecule has 7 heteroatoms. The number of carbonyl (C=O) groups is 1. The molecule has 0 spiro atoms. The SMILES string of the molecule is CN1CCCC(N(C)C(=O)c2cccc([N+](=O)[O-])c2Cl)C1. The van der Waals surface area contributed by atoms with Gasteiger partial charge in [-0.15, -0.1) is 0 Å². The second-order valence-electron chi connectivity index (χ2n) is 5.37. The molecule has 0 bridgehead atoms. The van der Waals surface area contributed by atoms with E-state index in [9.17, 15) is 14.9 Å². The van der Waals surface area contributed by atoms with Crippen molar-refractivity contribution in [3.63, 3.8) is 0 Å². The number of likely N-dealkylation sites (N-methyl/N-ethyl adjacent to an activating group) is 2. The summed E-state index contributed by atoms with van der Waals surface area (Å²) >= 11 is 6.01. The Hall–Kier alpha value is -1.66. The summed E-state index contributed by atoms with van der Waals surface area (Å²) in [6.07, 6.45) is 1.96. The number of amides is 1. The highest BCUT2D eigenvalue weighted by Gasteiger charge is 2.28. The minimum atomic E-state index is -0.576. The summed E-state index contributed by atoms with van der Waals surface area (Å²) in [6, 6.07) is 4.42. The molecule has 1 amide bonds. The van der Waals surface area contributed by atoms with E-state index in [-0.39, 0.29) is 28.2 Å². The topological polar surface area (TPSA) is 66.7 Å². The predicted molar refractivity (Wildman–Crippen MR) is 80.7 cm³/mol. The van der Waals surface area contributed by atoms with Crippen LogP contribution in [0, 0.1) is 10.1 Å².